The van der Waals surface area contributed by atoms with Crippen LogP contribution in [0.25, 0.3) is 0 Å². The van der Waals surface area contributed by atoms with Crippen molar-refractivity contribution in [1.29, 1.82) is 0 Å². The Morgan fingerprint density at radius 2 is 2.00 bits per heavy atom. The average Bonchev–Trinajstić information content (AvgIpc) is 2.21. The van der Waals surface area contributed by atoms with Gasteiger partial charge in [0.25, 0.3) is 0 Å². The first-order valence-electron chi connectivity index (χ1n) is 6.28. The Hall–Kier alpha value is -1.59. The molecule has 0 aliphatic carbocycles. The molecule has 1 aliphatic rings. The minimum Gasteiger partial charge on any atom is -0.444 e. The second-order valence-electron chi connectivity index (χ2n) is 6.30. The van der Waals surface area contributed by atoms with E-state index in [0.29, 0.717) is 0 Å². The van der Waals surface area contributed by atoms with Gasteiger partial charge in [0.05, 0.1) is 12.0 Å². The Labute approximate surface area is 113 Å². The molecule has 1 fully saturated rings. The third-order valence-corrected chi connectivity index (χ3v) is 2.87. The highest BCUT2D eigenvalue weighted by Crippen LogP contribution is 2.26. The third-order valence-electron chi connectivity index (χ3n) is 2.87. The first-order chi connectivity index (χ1) is 8.53. The summed E-state index contributed by atoms with van der Waals surface area (Å²) >= 11 is 0. The zero-order chi connectivity index (χ0) is 14.8. The number of nitrogens with zero attached hydrogens (tertiary/aromatic N) is 1. The number of piperidine rings is 1. The molecule has 2 amide bonds. The van der Waals surface area contributed by atoms with Crippen LogP contribution in [0, 0.1) is 5.41 Å². The lowest BCUT2D eigenvalue weighted by molar-refractivity contribution is -0.140. The van der Waals surface area contributed by atoms with E-state index in [0.717, 1.165) is 0 Å². The first-order valence-corrected chi connectivity index (χ1v) is 6.28. The number of hydrogen-bond acceptors (Lipinski definition) is 4. The summed E-state index contributed by atoms with van der Waals surface area (Å²) in [5.74, 6) is -0.234. The van der Waals surface area contributed by atoms with Crippen LogP contribution in [0.5, 0.6) is 0 Å². The summed E-state index contributed by atoms with van der Waals surface area (Å²) in [5.41, 5.74) is -1.47. The maximum Gasteiger partial charge on any atom is 0.410 e. The molecule has 0 spiro atoms. The molecule has 1 N–H and O–H groups in total. The standard InChI is InChI=1S/C13H22N2O4/c1-12(2,3)19-11(18)15(5)8-13(4)6-9(16)7-14-10(13)17/h6-8H2,1-5H3,(H,14,17). The number of ketones is 1. The van der Waals surface area contributed by atoms with Crippen LogP contribution in [0.1, 0.15) is 34.1 Å². The maximum atomic E-state index is 11.9. The van der Waals surface area contributed by atoms with Gasteiger partial charge in [0.2, 0.25) is 5.91 Å². The lowest BCUT2D eigenvalue weighted by atomic mass is 9.81. The van der Waals surface area contributed by atoms with E-state index in [4.69, 9.17) is 4.74 Å². The number of nitrogens with one attached hydrogen (secondary N) is 1. The van der Waals surface area contributed by atoms with Gasteiger partial charge in [-0.3, -0.25) is 9.59 Å². The Balaban J connectivity index is 2.69. The lowest BCUT2D eigenvalue weighted by Gasteiger charge is -2.35. The van der Waals surface area contributed by atoms with Crippen molar-refractivity contribution >= 4 is 17.8 Å². The third kappa shape index (κ3) is 4.22. The smallest absolute Gasteiger partial charge is 0.410 e. The zero-order valence-electron chi connectivity index (χ0n) is 12.2. The molecule has 19 heavy (non-hydrogen) atoms. The van der Waals surface area contributed by atoms with Crippen molar-refractivity contribution in [2.45, 2.75) is 39.7 Å². The largest absolute Gasteiger partial charge is 0.444 e. The summed E-state index contributed by atoms with van der Waals surface area (Å²) in [7, 11) is 1.56. The number of carbonyl (C=O) groups excluding carboxylic acids is 3. The van der Waals surface area contributed by atoms with Crippen molar-refractivity contribution in [1.82, 2.24) is 10.2 Å². The quantitative estimate of drug-likeness (QED) is 0.810. The fourth-order valence-electron chi connectivity index (χ4n) is 2.03. The normalized spacial score (nSPS) is 23.8. The van der Waals surface area contributed by atoms with E-state index in [1.54, 1.807) is 34.7 Å². The van der Waals surface area contributed by atoms with Gasteiger partial charge in [-0.1, -0.05) is 0 Å². The molecule has 6 heteroatoms. The maximum absolute atomic E-state index is 11.9. The monoisotopic (exact) mass is 270 g/mol. The van der Waals surface area contributed by atoms with E-state index in [-0.39, 0.29) is 31.2 Å². The number of hydrogen-bond donors (Lipinski definition) is 1. The van der Waals surface area contributed by atoms with E-state index < -0.39 is 17.1 Å². The second-order valence-corrected chi connectivity index (χ2v) is 6.30. The van der Waals surface area contributed by atoms with Gasteiger partial charge in [-0.05, 0) is 27.7 Å². The van der Waals surface area contributed by atoms with Crippen LogP contribution in [-0.2, 0) is 14.3 Å². The summed E-state index contributed by atoms with van der Waals surface area (Å²) < 4.78 is 5.22. The number of carbonyl (C=O) groups is 3. The molecule has 0 aromatic heterocycles. The summed E-state index contributed by atoms with van der Waals surface area (Å²) in [5, 5.41) is 2.55. The molecule has 1 unspecified atom stereocenters. The van der Waals surface area contributed by atoms with Crippen LogP contribution in [0.15, 0.2) is 0 Å². The van der Waals surface area contributed by atoms with Gasteiger partial charge in [-0.25, -0.2) is 4.79 Å². The average molecular weight is 270 g/mol. The highest BCUT2D eigenvalue weighted by atomic mass is 16.6. The molecule has 0 bridgehead atoms. The van der Waals surface area contributed by atoms with Crippen molar-refractivity contribution in [3.8, 4) is 0 Å². The molecule has 1 atom stereocenters. The topological polar surface area (TPSA) is 75.7 Å². The minimum atomic E-state index is -0.888. The van der Waals surface area contributed by atoms with E-state index in [9.17, 15) is 14.4 Å². The van der Waals surface area contributed by atoms with Crippen LogP contribution in [0.2, 0.25) is 0 Å². The Kier molecular flexibility index (Phi) is 4.22. The molecule has 0 aromatic carbocycles. The van der Waals surface area contributed by atoms with Crippen LogP contribution in [0.3, 0.4) is 0 Å². The Morgan fingerprint density at radius 1 is 1.42 bits per heavy atom. The second kappa shape index (κ2) is 5.19. The van der Waals surface area contributed by atoms with Gasteiger partial charge in [-0.2, -0.15) is 0 Å². The summed E-state index contributed by atoms with van der Waals surface area (Å²) in [6.45, 7) is 7.23. The SMILES string of the molecule is CN(CC1(C)CC(=O)CNC1=O)C(=O)OC(C)(C)C. The molecule has 0 saturated carbocycles. The molecule has 108 valence electrons. The van der Waals surface area contributed by atoms with Gasteiger partial charge >= 0.3 is 6.09 Å². The van der Waals surface area contributed by atoms with Crippen LogP contribution in [0.4, 0.5) is 4.79 Å². The van der Waals surface area contributed by atoms with Gasteiger partial charge in [0.15, 0.2) is 5.78 Å². The van der Waals surface area contributed by atoms with E-state index >= 15 is 0 Å². The molecule has 0 radical (unpaired) electrons. The van der Waals surface area contributed by atoms with Gasteiger partial charge in [-0.15, -0.1) is 0 Å². The molecule has 1 rings (SSSR count). The summed E-state index contributed by atoms with van der Waals surface area (Å²) in [4.78, 5) is 36.5. The first kappa shape index (κ1) is 15.5. The molecule has 0 aromatic rings. The molecular formula is C13H22N2O4. The van der Waals surface area contributed by atoms with E-state index in [1.807, 2.05) is 0 Å². The van der Waals surface area contributed by atoms with Crippen molar-refractivity contribution < 1.29 is 19.1 Å². The number of ether oxygens (including phenoxy) is 1. The lowest BCUT2D eigenvalue weighted by Crippen LogP contribution is -2.54. The van der Waals surface area contributed by atoms with Gasteiger partial charge in [0, 0.05) is 20.0 Å². The van der Waals surface area contributed by atoms with Crippen molar-refractivity contribution in [3.05, 3.63) is 0 Å². The van der Waals surface area contributed by atoms with Crippen molar-refractivity contribution in [2.75, 3.05) is 20.1 Å². The summed E-state index contributed by atoms with van der Waals surface area (Å²) in [6, 6.07) is 0. The fourth-order valence-corrected chi connectivity index (χ4v) is 2.03. The number of Topliss-reactive ketones (excluding diaryl/α,β-unsaturated/α-hetero) is 1. The van der Waals surface area contributed by atoms with Gasteiger partial charge < -0.3 is 15.0 Å². The van der Waals surface area contributed by atoms with E-state index in [2.05, 4.69) is 5.32 Å². The predicted molar refractivity (Wildman–Crippen MR) is 69.6 cm³/mol. The number of amides is 2. The number of rotatable bonds is 2. The molecular weight excluding hydrogens is 248 g/mol. The minimum absolute atomic E-state index is 0.0281. The highest BCUT2D eigenvalue weighted by molar-refractivity contribution is 5.97. The predicted octanol–water partition coefficient (Wildman–Crippen LogP) is 0.949. The van der Waals surface area contributed by atoms with Gasteiger partial charge in [0.1, 0.15) is 5.60 Å². The Morgan fingerprint density at radius 3 is 2.53 bits per heavy atom. The van der Waals surface area contributed by atoms with Crippen LogP contribution in [-0.4, -0.2) is 48.4 Å². The highest BCUT2D eigenvalue weighted by Gasteiger charge is 2.41. The van der Waals surface area contributed by atoms with Crippen molar-refractivity contribution in [3.63, 3.8) is 0 Å². The molecule has 1 saturated heterocycles. The summed E-state index contributed by atoms with van der Waals surface area (Å²) in [6.07, 6.45) is -0.356. The Bertz CT molecular complexity index is 400. The fraction of sp³-hybridized carbons (Fsp3) is 0.769. The zero-order valence-corrected chi connectivity index (χ0v) is 12.2. The van der Waals surface area contributed by atoms with E-state index in [1.165, 1.54) is 4.90 Å². The van der Waals surface area contributed by atoms with Crippen molar-refractivity contribution in [2.24, 2.45) is 5.41 Å². The molecule has 1 heterocycles. The molecule has 1 aliphatic heterocycles. The van der Waals surface area contributed by atoms with Crippen LogP contribution >= 0.6 is 0 Å². The van der Waals surface area contributed by atoms with Crippen LogP contribution < -0.4 is 5.32 Å². The molecule has 6 nitrogen and oxygen atoms in total.